The molecule has 2 atom stereocenters. The molecule has 1 aliphatic heterocycles. The number of benzene rings is 1. The first kappa shape index (κ1) is 17.1. The normalized spacial score (nSPS) is 18.5. The summed E-state index contributed by atoms with van der Waals surface area (Å²) in [5.74, 6) is 0.796. The van der Waals surface area contributed by atoms with Crippen molar-refractivity contribution in [2.45, 2.75) is 39.2 Å². The Morgan fingerprint density at radius 3 is 2.92 bits per heavy atom. The Labute approximate surface area is 147 Å². The molecular formula is C19H25N3OS. The van der Waals surface area contributed by atoms with E-state index in [0.717, 1.165) is 40.7 Å². The van der Waals surface area contributed by atoms with Crippen molar-refractivity contribution >= 4 is 17.2 Å². The number of carbonyl (C=O) groups is 1. The van der Waals surface area contributed by atoms with E-state index in [0.29, 0.717) is 12.3 Å². The zero-order valence-corrected chi connectivity index (χ0v) is 15.2. The van der Waals surface area contributed by atoms with E-state index in [-0.39, 0.29) is 11.9 Å². The van der Waals surface area contributed by atoms with Crippen LogP contribution in [0.15, 0.2) is 30.3 Å². The van der Waals surface area contributed by atoms with Crippen LogP contribution in [0.4, 0.5) is 0 Å². The number of aryl methyl sites for hydroxylation is 1. The van der Waals surface area contributed by atoms with Crippen molar-refractivity contribution in [3.8, 4) is 10.6 Å². The highest BCUT2D eigenvalue weighted by Gasteiger charge is 2.19. The summed E-state index contributed by atoms with van der Waals surface area (Å²) in [6.45, 7) is 6.21. The smallest absolute Gasteiger partial charge is 0.220 e. The third-order valence-corrected chi connectivity index (χ3v) is 5.96. The van der Waals surface area contributed by atoms with E-state index in [4.69, 9.17) is 0 Å². The molecule has 2 heterocycles. The van der Waals surface area contributed by atoms with Gasteiger partial charge in [-0.05, 0) is 45.7 Å². The number of carbonyl (C=O) groups excluding carboxylic acids is 1. The number of aromatic nitrogens is 1. The number of amides is 1. The minimum absolute atomic E-state index is 0.00849. The maximum absolute atomic E-state index is 12.2. The number of rotatable bonds is 6. The maximum Gasteiger partial charge on any atom is 0.220 e. The summed E-state index contributed by atoms with van der Waals surface area (Å²) in [6, 6.07) is 10.2. The average Bonchev–Trinajstić information content (AvgIpc) is 3.23. The summed E-state index contributed by atoms with van der Waals surface area (Å²) in [4.78, 5) is 18.0. The van der Waals surface area contributed by atoms with Crippen LogP contribution in [0.5, 0.6) is 0 Å². The molecule has 0 spiro atoms. The van der Waals surface area contributed by atoms with Crippen LogP contribution in [-0.2, 0) is 4.79 Å². The largest absolute Gasteiger partial charge is 0.349 e. The first-order chi connectivity index (χ1) is 11.6. The lowest BCUT2D eigenvalue weighted by atomic mass is 10.0. The van der Waals surface area contributed by atoms with Gasteiger partial charge in [0, 0.05) is 12.0 Å². The van der Waals surface area contributed by atoms with Gasteiger partial charge in [-0.25, -0.2) is 4.98 Å². The Morgan fingerprint density at radius 2 is 2.21 bits per heavy atom. The summed E-state index contributed by atoms with van der Waals surface area (Å²) >= 11 is 1.67. The summed E-state index contributed by atoms with van der Waals surface area (Å²) in [5.41, 5.74) is 2.13. The Bertz CT molecular complexity index is 677. The minimum Gasteiger partial charge on any atom is -0.349 e. The first-order valence-corrected chi connectivity index (χ1v) is 9.48. The second-order valence-electron chi connectivity index (χ2n) is 6.52. The number of hydrogen-bond acceptors (Lipinski definition) is 4. The lowest BCUT2D eigenvalue weighted by Crippen LogP contribution is -2.27. The fourth-order valence-electron chi connectivity index (χ4n) is 3.19. The number of nitrogens with zero attached hydrogens (tertiary/aromatic N) is 1. The highest BCUT2D eigenvalue weighted by atomic mass is 32.1. The highest BCUT2D eigenvalue weighted by Crippen LogP contribution is 2.31. The van der Waals surface area contributed by atoms with Crippen LogP contribution in [0, 0.1) is 12.8 Å². The number of thiazole rings is 1. The maximum atomic E-state index is 12.2. The van der Waals surface area contributed by atoms with Gasteiger partial charge < -0.3 is 10.6 Å². The third-order valence-electron chi connectivity index (χ3n) is 4.57. The molecular weight excluding hydrogens is 318 g/mol. The second-order valence-corrected chi connectivity index (χ2v) is 7.55. The zero-order chi connectivity index (χ0) is 16.9. The van der Waals surface area contributed by atoms with E-state index in [2.05, 4.69) is 27.8 Å². The van der Waals surface area contributed by atoms with Crippen molar-refractivity contribution in [2.24, 2.45) is 5.92 Å². The average molecular weight is 343 g/mol. The van der Waals surface area contributed by atoms with Gasteiger partial charge in [0.05, 0.1) is 16.6 Å². The van der Waals surface area contributed by atoms with Gasteiger partial charge in [0.25, 0.3) is 0 Å². The molecule has 1 aromatic carbocycles. The van der Waals surface area contributed by atoms with Gasteiger partial charge in [0.15, 0.2) is 0 Å². The molecule has 128 valence electrons. The van der Waals surface area contributed by atoms with Crippen molar-refractivity contribution in [3.63, 3.8) is 0 Å². The Hall–Kier alpha value is -1.72. The van der Waals surface area contributed by atoms with Gasteiger partial charge >= 0.3 is 0 Å². The van der Waals surface area contributed by atoms with E-state index in [1.54, 1.807) is 11.3 Å². The Kier molecular flexibility index (Phi) is 5.63. The summed E-state index contributed by atoms with van der Waals surface area (Å²) in [5, 5.41) is 7.50. The van der Waals surface area contributed by atoms with Crippen LogP contribution in [0.3, 0.4) is 0 Å². The summed E-state index contributed by atoms with van der Waals surface area (Å²) in [6.07, 6.45) is 2.78. The van der Waals surface area contributed by atoms with E-state index in [1.807, 2.05) is 32.0 Å². The predicted octanol–water partition coefficient (Wildman–Crippen LogP) is 3.69. The van der Waals surface area contributed by atoms with Crippen LogP contribution in [0.25, 0.3) is 10.6 Å². The van der Waals surface area contributed by atoms with E-state index < -0.39 is 0 Å². The Balaban J connectivity index is 1.59. The molecule has 3 rings (SSSR count). The van der Waals surface area contributed by atoms with Crippen LogP contribution in [0.2, 0.25) is 0 Å². The standard InChI is InChI=1S/C19H25N3OS/c1-13(21-17(23)9-8-15-10-11-20-12-15)18-14(2)22-19(24-18)16-6-4-3-5-7-16/h3-7,13,15,20H,8-12H2,1-2H3,(H,21,23). The Morgan fingerprint density at radius 1 is 1.42 bits per heavy atom. The molecule has 2 aromatic rings. The lowest BCUT2D eigenvalue weighted by Gasteiger charge is -2.14. The van der Waals surface area contributed by atoms with Crippen molar-refractivity contribution in [1.82, 2.24) is 15.6 Å². The van der Waals surface area contributed by atoms with Crippen molar-refractivity contribution in [2.75, 3.05) is 13.1 Å². The van der Waals surface area contributed by atoms with Gasteiger partial charge in [-0.2, -0.15) is 0 Å². The molecule has 2 unspecified atom stereocenters. The van der Waals surface area contributed by atoms with Crippen molar-refractivity contribution in [1.29, 1.82) is 0 Å². The molecule has 1 saturated heterocycles. The van der Waals surface area contributed by atoms with Gasteiger partial charge in [-0.15, -0.1) is 11.3 Å². The molecule has 5 heteroatoms. The molecule has 0 aliphatic carbocycles. The number of hydrogen-bond donors (Lipinski definition) is 2. The molecule has 0 radical (unpaired) electrons. The molecule has 2 N–H and O–H groups in total. The van der Waals surface area contributed by atoms with Gasteiger partial charge in [-0.3, -0.25) is 4.79 Å². The SMILES string of the molecule is Cc1nc(-c2ccccc2)sc1C(C)NC(=O)CCC1CCNC1. The molecule has 0 bridgehead atoms. The van der Waals surface area contributed by atoms with E-state index >= 15 is 0 Å². The third kappa shape index (κ3) is 4.22. The van der Waals surface area contributed by atoms with E-state index in [9.17, 15) is 4.79 Å². The fourth-order valence-corrected chi connectivity index (χ4v) is 4.26. The van der Waals surface area contributed by atoms with Crippen molar-refractivity contribution in [3.05, 3.63) is 40.9 Å². The molecule has 1 amide bonds. The summed E-state index contributed by atoms with van der Waals surface area (Å²) in [7, 11) is 0. The molecule has 1 aliphatic rings. The van der Waals surface area contributed by atoms with Crippen LogP contribution >= 0.6 is 11.3 Å². The summed E-state index contributed by atoms with van der Waals surface area (Å²) < 4.78 is 0. The molecule has 24 heavy (non-hydrogen) atoms. The second kappa shape index (κ2) is 7.90. The van der Waals surface area contributed by atoms with Gasteiger partial charge in [0.1, 0.15) is 5.01 Å². The van der Waals surface area contributed by atoms with Gasteiger partial charge in [-0.1, -0.05) is 30.3 Å². The van der Waals surface area contributed by atoms with Crippen LogP contribution in [-0.4, -0.2) is 24.0 Å². The highest BCUT2D eigenvalue weighted by molar-refractivity contribution is 7.15. The monoisotopic (exact) mass is 343 g/mol. The quantitative estimate of drug-likeness (QED) is 0.841. The molecule has 4 nitrogen and oxygen atoms in total. The van der Waals surface area contributed by atoms with E-state index in [1.165, 1.54) is 6.42 Å². The first-order valence-electron chi connectivity index (χ1n) is 8.66. The molecule has 1 fully saturated rings. The lowest BCUT2D eigenvalue weighted by molar-refractivity contribution is -0.122. The molecule has 1 aromatic heterocycles. The van der Waals surface area contributed by atoms with Crippen LogP contribution < -0.4 is 10.6 Å². The van der Waals surface area contributed by atoms with Crippen LogP contribution in [0.1, 0.15) is 42.8 Å². The predicted molar refractivity (Wildman–Crippen MR) is 99.1 cm³/mol. The zero-order valence-electron chi connectivity index (χ0n) is 14.3. The minimum atomic E-state index is 0.00849. The van der Waals surface area contributed by atoms with Crippen molar-refractivity contribution < 1.29 is 4.79 Å². The number of nitrogens with one attached hydrogen (secondary N) is 2. The fraction of sp³-hybridized carbons (Fsp3) is 0.474. The molecule has 0 saturated carbocycles. The van der Waals surface area contributed by atoms with Gasteiger partial charge in [0.2, 0.25) is 5.91 Å². The topological polar surface area (TPSA) is 54.0 Å².